The Hall–Kier alpha value is -1.77. The van der Waals surface area contributed by atoms with Crippen LogP contribution in [0.25, 0.3) is 0 Å². The van der Waals surface area contributed by atoms with Gasteiger partial charge >= 0.3 is 0 Å². The standard InChI is InChI=1S/C24H38N6.HI/c1-6-22-21(23(7-2)29(5)28-22)17-26-24(25-8-3)27-18(4)19-12-11-13-20(16-19)30-14-9-10-15-30;/h11-13,16,18H,6-10,14-15,17H2,1-5H3,(H2,25,26,27);1H. The Kier molecular flexibility index (Phi) is 10.1. The van der Waals surface area contributed by atoms with Gasteiger partial charge in [-0.3, -0.25) is 4.68 Å². The first kappa shape index (κ1) is 25.5. The van der Waals surface area contributed by atoms with Gasteiger partial charge in [-0.1, -0.05) is 26.0 Å². The Balaban J connectivity index is 0.00000341. The van der Waals surface area contributed by atoms with Crippen molar-refractivity contribution >= 4 is 35.6 Å². The number of benzene rings is 1. The largest absolute Gasteiger partial charge is 0.372 e. The molecule has 172 valence electrons. The summed E-state index contributed by atoms with van der Waals surface area (Å²) in [5, 5.41) is 11.7. The monoisotopic (exact) mass is 538 g/mol. The first-order valence-electron chi connectivity index (χ1n) is 11.5. The number of hydrogen-bond acceptors (Lipinski definition) is 3. The van der Waals surface area contributed by atoms with Crippen LogP contribution in [0.2, 0.25) is 0 Å². The zero-order valence-corrected chi connectivity index (χ0v) is 22.1. The molecule has 1 aromatic heterocycles. The van der Waals surface area contributed by atoms with Gasteiger partial charge in [-0.05, 0) is 57.2 Å². The second-order valence-electron chi connectivity index (χ2n) is 8.05. The van der Waals surface area contributed by atoms with Crippen molar-refractivity contribution in [1.82, 2.24) is 20.4 Å². The quantitative estimate of drug-likeness (QED) is 0.294. The molecule has 1 fully saturated rings. The molecule has 0 spiro atoms. The third-order valence-corrected chi connectivity index (χ3v) is 5.96. The van der Waals surface area contributed by atoms with Crippen LogP contribution in [-0.2, 0) is 26.4 Å². The van der Waals surface area contributed by atoms with Gasteiger partial charge in [0.25, 0.3) is 0 Å². The molecule has 0 aliphatic carbocycles. The molecule has 0 saturated carbocycles. The summed E-state index contributed by atoms with van der Waals surface area (Å²) in [4.78, 5) is 7.39. The number of rotatable bonds is 8. The number of nitrogens with one attached hydrogen (secondary N) is 2. The van der Waals surface area contributed by atoms with Crippen LogP contribution in [0.15, 0.2) is 29.3 Å². The maximum atomic E-state index is 4.91. The predicted molar refractivity (Wildman–Crippen MR) is 142 cm³/mol. The van der Waals surface area contributed by atoms with E-state index in [1.807, 2.05) is 11.7 Å². The Morgan fingerprint density at radius 2 is 1.90 bits per heavy atom. The number of hydrogen-bond donors (Lipinski definition) is 2. The zero-order chi connectivity index (χ0) is 21.5. The summed E-state index contributed by atoms with van der Waals surface area (Å²) in [6, 6.07) is 9.09. The summed E-state index contributed by atoms with van der Waals surface area (Å²) in [5.74, 6) is 0.851. The van der Waals surface area contributed by atoms with E-state index in [0.717, 1.165) is 31.0 Å². The SMILES string of the molecule is CCNC(=NCc1c(CC)nn(C)c1CC)NC(C)c1cccc(N2CCCC2)c1.I. The molecule has 2 heterocycles. The number of guanidine groups is 1. The average molecular weight is 539 g/mol. The van der Waals surface area contributed by atoms with E-state index in [0.29, 0.717) is 6.54 Å². The number of aromatic nitrogens is 2. The molecule has 2 aromatic rings. The highest BCUT2D eigenvalue weighted by molar-refractivity contribution is 14.0. The van der Waals surface area contributed by atoms with E-state index >= 15 is 0 Å². The number of halogens is 1. The van der Waals surface area contributed by atoms with Crippen molar-refractivity contribution in [3.63, 3.8) is 0 Å². The molecular formula is C24H39IN6. The fourth-order valence-corrected chi connectivity index (χ4v) is 4.31. The molecule has 7 heteroatoms. The minimum absolute atomic E-state index is 0. The highest BCUT2D eigenvalue weighted by Crippen LogP contribution is 2.24. The van der Waals surface area contributed by atoms with E-state index in [1.54, 1.807) is 0 Å². The van der Waals surface area contributed by atoms with Crippen molar-refractivity contribution in [3.8, 4) is 0 Å². The first-order valence-corrected chi connectivity index (χ1v) is 11.5. The molecule has 1 aromatic carbocycles. The Morgan fingerprint density at radius 3 is 2.55 bits per heavy atom. The van der Waals surface area contributed by atoms with Gasteiger partial charge in [0.2, 0.25) is 0 Å². The van der Waals surface area contributed by atoms with Gasteiger partial charge in [0.1, 0.15) is 0 Å². The van der Waals surface area contributed by atoms with Crippen LogP contribution in [0.4, 0.5) is 5.69 Å². The van der Waals surface area contributed by atoms with Gasteiger partial charge in [-0.25, -0.2) is 4.99 Å². The fraction of sp³-hybridized carbons (Fsp3) is 0.583. The third-order valence-electron chi connectivity index (χ3n) is 5.96. The second-order valence-corrected chi connectivity index (χ2v) is 8.05. The Bertz CT molecular complexity index is 854. The average Bonchev–Trinajstić information content (AvgIpc) is 3.39. The van der Waals surface area contributed by atoms with Crippen LogP contribution in [0.1, 0.15) is 69.1 Å². The van der Waals surface area contributed by atoms with Crippen molar-refractivity contribution in [2.24, 2.45) is 12.0 Å². The summed E-state index contributed by atoms with van der Waals surface area (Å²) in [6.07, 6.45) is 4.49. The summed E-state index contributed by atoms with van der Waals surface area (Å²) in [6.45, 7) is 12.5. The van der Waals surface area contributed by atoms with Crippen LogP contribution in [0.5, 0.6) is 0 Å². The van der Waals surface area contributed by atoms with E-state index in [4.69, 9.17) is 4.99 Å². The van der Waals surface area contributed by atoms with Crippen molar-refractivity contribution in [3.05, 3.63) is 46.8 Å². The van der Waals surface area contributed by atoms with E-state index in [2.05, 4.69) is 72.6 Å². The molecule has 1 unspecified atom stereocenters. The Morgan fingerprint density at radius 1 is 1.16 bits per heavy atom. The van der Waals surface area contributed by atoms with E-state index in [9.17, 15) is 0 Å². The highest BCUT2D eigenvalue weighted by atomic mass is 127. The number of aliphatic imine (C=N–C) groups is 1. The molecule has 31 heavy (non-hydrogen) atoms. The Labute approximate surface area is 204 Å². The van der Waals surface area contributed by atoms with E-state index < -0.39 is 0 Å². The topological polar surface area (TPSA) is 57.5 Å². The molecule has 1 saturated heterocycles. The molecule has 0 radical (unpaired) electrons. The summed E-state index contributed by atoms with van der Waals surface area (Å²) < 4.78 is 2.01. The normalized spacial score (nSPS) is 15.0. The minimum atomic E-state index is 0. The number of aryl methyl sites for hydroxylation is 2. The summed E-state index contributed by atoms with van der Waals surface area (Å²) >= 11 is 0. The van der Waals surface area contributed by atoms with E-state index in [-0.39, 0.29) is 30.0 Å². The maximum absolute atomic E-state index is 4.91. The predicted octanol–water partition coefficient (Wildman–Crippen LogP) is 4.58. The van der Waals surface area contributed by atoms with Crippen molar-refractivity contribution in [2.75, 3.05) is 24.5 Å². The lowest BCUT2D eigenvalue weighted by molar-refractivity contribution is 0.685. The van der Waals surface area contributed by atoms with E-state index in [1.165, 1.54) is 48.4 Å². The lowest BCUT2D eigenvalue weighted by Crippen LogP contribution is -2.38. The molecule has 2 N–H and O–H groups in total. The van der Waals surface area contributed by atoms with Crippen molar-refractivity contribution in [2.45, 2.75) is 66.0 Å². The zero-order valence-electron chi connectivity index (χ0n) is 19.7. The van der Waals surface area contributed by atoms with Gasteiger partial charge in [-0.15, -0.1) is 24.0 Å². The first-order chi connectivity index (χ1) is 14.6. The smallest absolute Gasteiger partial charge is 0.192 e. The maximum Gasteiger partial charge on any atom is 0.192 e. The highest BCUT2D eigenvalue weighted by Gasteiger charge is 2.16. The molecular weight excluding hydrogens is 499 g/mol. The van der Waals surface area contributed by atoms with Gasteiger partial charge in [-0.2, -0.15) is 5.10 Å². The van der Waals surface area contributed by atoms with Crippen LogP contribution in [0, 0.1) is 0 Å². The van der Waals surface area contributed by atoms with Crippen LogP contribution in [-0.4, -0.2) is 35.4 Å². The van der Waals surface area contributed by atoms with Crippen LogP contribution < -0.4 is 15.5 Å². The summed E-state index contributed by atoms with van der Waals surface area (Å²) in [5.41, 5.74) is 6.31. The van der Waals surface area contributed by atoms with Crippen LogP contribution in [0.3, 0.4) is 0 Å². The molecule has 0 bridgehead atoms. The molecule has 1 aliphatic heterocycles. The minimum Gasteiger partial charge on any atom is -0.372 e. The van der Waals surface area contributed by atoms with Crippen molar-refractivity contribution in [1.29, 1.82) is 0 Å². The van der Waals surface area contributed by atoms with Gasteiger partial charge < -0.3 is 15.5 Å². The van der Waals surface area contributed by atoms with Gasteiger partial charge in [0.05, 0.1) is 18.3 Å². The van der Waals surface area contributed by atoms with Gasteiger partial charge in [0.15, 0.2) is 5.96 Å². The van der Waals surface area contributed by atoms with Crippen molar-refractivity contribution < 1.29 is 0 Å². The lowest BCUT2D eigenvalue weighted by Gasteiger charge is -2.22. The number of anilines is 1. The van der Waals surface area contributed by atoms with Crippen LogP contribution >= 0.6 is 24.0 Å². The second kappa shape index (κ2) is 12.3. The third kappa shape index (κ3) is 6.37. The number of nitrogens with zero attached hydrogens (tertiary/aromatic N) is 4. The molecule has 3 rings (SSSR count). The molecule has 0 amide bonds. The lowest BCUT2D eigenvalue weighted by atomic mass is 10.1. The molecule has 1 aliphatic rings. The fourth-order valence-electron chi connectivity index (χ4n) is 4.31. The molecule has 1 atom stereocenters. The molecule has 6 nitrogen and oxygen atoms in total. The summed E-state index contributed by atoms with van der Waals surface area (Å²) in [7, 11) is 2.03. The van der Waals surface area contributed by atoms with Gasteiger partial charge in [0, 0.05) is 43.6 Å².